The van der Waals surface area contributed by atoms with E-state index in [1.165, 1.54) is 5.56 Å². The van der Waals surface area contributed by atoms with Crippen molar-refractivity contribution in [3.05, 3.63) is 29.8 Å². The molecule has 1 aromatic carbocycles. The van der Waals surface area contributed by atoms with Crippen molar-refractivity contribution in [3.63, 3.8) is 0 Å². The van der Waals surface area contributed by atoms with Gasteiger partial charge in [-0.2, -0.15) is 5.26 Å². The minimum absolute atomic E-state index is 0.107. The fourth-order valence-electron chi connectivity index (χ4n) is 1.13. The van der Waals surface area contributed by atoms with Crippen LogP contribution < -0.4 is 10.1 Å². The molecule has 0 saturated heterocycles. The molecule has 1 N–H and O–H groups in total. The summed E-state index contributed by atoms with van der Waals surface area (Å²) in [5, 5.41) is 10.8. The number of aryl methyl sites for hydroxylation is 1. The summed E-state index contributed by atoms with van der Waals surface area (Å²) in [5.74, 6) is 0.509. The Balaban J connectivity index is 2.19. The maximum atomic E-state index is 10.9. The van der Waals surface area contributed by atoms with Gasteiger partial charge in [-0.05, 0) is 19.1 Å². The molecule has 1 rings (SSSR count). The third-order valence-corrected chi connectivity index (χ3v) is 1.95. The average Bonchev–Trinajstić information content (AvgIpc) is 2.27. The molecule has 0 atom stereocenters. The first kappa shape index (κ1) is 12.1. The summed E-state index contributed by atoms with van der Waals surface area (Å²) in [6.07, 6.45) is -0.107. The van der Waals surface area contributed by atoms with Gasteiger partial charge in [0.15, 0.2) is 0 Å². The van der Waals surface area contributed by atoms with E-state index in [9.17, 15) is 4.79 Å². The molecule has 0 aliphatic heterocycles. The minimum Gasteiger partial charge on any atom is -0.492 e. The molecule has 1 aromatic rings. The van der Waals surface area contributed by atoms with Crippen molar-refractivity contribution in [1.82, 2.24) is 5.32 Å². The summed E-state index contributed by atoms with van der Waals surface area (Å²) in [4.78, 5) is 10.9. The van der Waals surface area contributed by atoms with Crippen LogP contribution in [0.25, 0.3) is 0 Å². The van der Waals surface area contributed by atoms with Crippen LogP contribution in [0.3, 0.4) is 0 Å². The largest absolute Gasteiger partial charge is 0.492 e. The number of nitriles is 1. The van der Waals surface area contributed by atoms with Gasteiger partial charge in [0.25, 0.3) is 0 Å². The topological polar surface area (TPSA) is 62.1 Å². The molecule has 0 radical (unpaired) electrons. The van der Waals surface area contributed by atoms with Crippen molar-refractivity contribution >= 4 is 5.91 Å². The summed E-state index contributed by atoms with van der Waals surface area (Å²) in [7, 11) is 0. The molecule has 0 aromatic heterocycles. The highest BCUT2D eigenvalue weighted by molar-refractivity contribution is 5.77. The van der Waals surface area contributed by atoms with Crippen LogP contribution in [0.4, 0.5) is 0 Å². The normalized spacial score (nSPS) is 9.25. The Kier molecular flexibility index (Phi) is 4.87. The summed E-state index contributed by atoms with van der Waals surface area (Å²) in [6, 6.07) is 9.47. The Morgan fingerprint density at radius 2 is 2.12 bits per heavy atom. The van der Waals surface area contributed by atoms with Gasteiger partial charge in [0.05, 0.1) is 12.6 Å². The van der Waals surface area contributed by atoms with E-state index in [-0.39, 0.29) is 12.3 Å². The Morgan fingerprint density at radius 3 is 2.75 bits per heavy atom. The van der Waals surface area contributed by atoms with Gasteiger partial charge < -0.3 is 10.1 Å². The molecule has 0 spiro atoms. The quantitative estimate of drug-likeness (QED) is 0.760. The number of carbonyl (C=O) groups is 1. The van der Waals surface area contributed by atoms with Crippen molar-refractivity contribution in [3.8, 4) is 11.8 Å². The summed E-state index contributed by atoms with van der Waals surface area (Å²) in [6.45, 7) is 2.82. The number of ether oxygens (including phenoxy) is 1. The lowest BCUT2D eigenvalue weighted by Crippen LogP contribution is -2.27. The van der Waals surface area contributed by atoms with E-state index in [0.717, 1.165) is 5.75 Å². The Bertz CT molecular complexity index is 379. The molecule has 0 fully saturated rings. The van der Waals surface area contributed by atoms with Crippen molar-refractivity contribution in [2.24, 2.45) is 0 Å². The third kappa shape index (κ3) is 4.47. The van der Waals surface area contributed by atoms with Gasteiger partial charge in [0.1, 0.15) is 18.8 Å². The molecule has 16 heavy (non-hydrogen) atoms. The van der Waals surface area contributed by atoms with Gasteiger partial charge in [0, 0.05) is 0 Å². The first-order valence-electron chi connectivity index (χ1n) is 5.05. The van der Waals surface area contributed by atoms with Crippen LogP contribution in [-0.4, -0.2) is 19.1 Å². The van der Waals surface area contributed by atoms with Crippen LogP contribution in [0, 0.1) is 18.3 Å². The second-order valence-corrected chi connectivity index (χ2v) is 3.35. The molecular formula is C12H14N2O2. The molecule has 0 aliphatic carbocycles. The lowest BCUT2D eigenvalue weighted by molar-refractivity contribution is -0.120. The molecule has 0 bridgehead atoms. The zero-order chi connectivity index (χ0) is 11.8. The van der Waals surface area contributed by atoms with Crippen molar-refractivity contribution in [1.29, 1.82) is 5.26 Å². The van der Waals surface area contributed by atoms with Crippen LogP contribution in [0.5, 0.6) is 5.75 Å². The zero-order valence-corrected chi connectivity index (χ0v) is 9.19. The number of hydrogen-bond acceptors (Lipinski definition) is 3. The predicted molar refractivity (Wildman–Crippen MR) is 59.9 cm³/mol. The Morgan fingerprint density at radius 1 is 1.44 bits per heavy atom. The van der Waals surface area contributed by atoms with E-state index in [0.29, 0.717) is 13.2 Å². The van der Waals surface area contributed by atoms with Crippen LogP contribution in [0.15, 0.2) is 24.3 Å². The summed E-state index contributed by atoms with van der Waals surface area (Å²) >= 11 is 0. The van der Waals surface area contributed by atoms with Crippen molar-refractivity contribution in [2.45, 2.75) is 13.3 Å². The van der Waals surface area contributed by atoms with E-state index in [1.807, 2.05) is 31.2 Å². The maximum absolute atomic E-state index is 10.9. The summed E-state index contributed by atoms with van der Waals surface area (Å²) in [5.41, 5.74) is 1.18. The number of nitrogens with zero attached hydrogens (tertiary/aromatic N) is 1. The lowest BCUT2D eigenvalue weighted by Gasteiger charge is -2.06. The lowest BCUT2D eigenvalue weighted by atomic mass is 10.2. The highest BCUT2D eigenvalue weighted by Crippen LogP contribution is 2.10. The molecule has 0 heterocycles. The van der Waals surface area contributed by atoms with Crippen molar-refractivity contribution in [2.75, 3.05) is 13.2 Å². The first-order valence-corrected chi connectivity index (χ1v) is 5.05. The van der Waals surface area contributed by atoms with Crippen LogP contribution >= 0.6 is 0 Å². The predicted octanol–water partition coefficient (Wildman–Crippen LogP) is 1.40. The second-order valence-electron chi connectivity index (χ2n) is 3.35. The van der Waals surface area contributed by atoms with Gasteiger partial charge >= 0.3 is 0 Å². The number of nitrogens with one attached hydrogen (secondary N) is 1. The van der Waals surface area contributed by atoms with Crippen molar-refractivity contribution < 1.29 is 9.53 Å². The molecule has 0 saturated carbocycles. The van der Waals surface area contributed by atoms with E-state index in [2.05, 4.69) is 5.32 Å². The fourth-order valence-corrected chi connectivity index (χ4v) is 1.13. The van der Waals surface area contributed by atoms with Gasteiger partial charge in [-0.1, -0.05) is 17.7 Å². The number of benzene rings is 1. The molecular weight excluding hydrogens is 204 g/mol. The maximum Gasteiger partial charge on any atom is 0.234 e. The van der Waals surface area contributed by atoms with Gasteiger partial charge in [-0.3, -0.25) is 4.79 Å². The number of hydrogen-bond donors (Lipinski definition) is 1. The van der Waals surface area contributed by atoms with E-state index in [4.69, 9.17) is 10.00 Å². The molecule has 0 aliphatic rings. The Hall–Kier alpha value is -2.02. The highest BCUT2D eigenvalue weighted by Gasteiger charge is 1.98. The first-order chi connectivity index (χ1) is 7.72. The minimum atomic E-state index is -0.269. The van der Waals surface area contributed by atoms with E-state index < -0.39 is 0 Å². The molecule has 0 unspecified atom stereocenters. The average molecular weight is 218 g/mol. The summed E-state index contributed by atoms with van der Waals surface area (Å²) < 4.78 is 5.39. The van der Waals surface area contributed by atoms with Gasteiger partial charge in [-0.15, -0.1) is 0 Å². The van der Waals surface area contributed by atoms with E-state index >= 15 is 0 Å². The monoisotopic (exact) mass is 218 g/mol. The van der Waals surface area contributed by atoms with Crippen LogP contribution in [0.1, 0.15) is 12.0 Å². The van der Waals surface area contributed by atoms with Gasteiger partial charge in [0.2, 0.25) is 5.91 Å². The third-order valence-electron chi connectivity index (χ3n) is 1.95. The van der Waals surface area contributed by atoms with E-state index in [1.54, 1.807) is 6.07 Å². The molecule has 1 amide bonds. The smallest absolute Gasteiger partial charge is 0.234 e. The Labute approximate surface area is 94.8 Å². The second kappa shape index (κ2) is 6.46. The number of rotatable bonds is 5. The van der Waals surface area contributed by atoms with Crippen LogP contribution in [0.2, 0.25) is 0 Å². The SMILES string of the molecule is Cc1ccc(OCCNC(=O)CC#N)cc1. The zero-order valence-electron chi connectivity index (χ0n) is 9.19. The standard InChI is InChI=1S/C12H14N2O2/c1-10-2-4-11(5-3-10)16-9-8-14-12(15)6-7-13/h2-5H,6,8-9H2,1H3,(H,14,15). The van der Waals surface area contributed by atoms with Crippen LogP contribution in [-0.2, 0) is 4.79 Å². The fraction of sp³-hybridized carbons (Fsp3) is 0.333. The number of carbonyl (C=O) groups excluding carboxylic acids is 1. The molecule has 4 nitrogen and oxygen atoms in total. The van der Waals surface area contributed by atoms with Gasteiger partial charge in [-0.25, -0.2) is 0 Å². The molecule has 84 valence electrons. The highest BCUT2D eigenvalue weighted by atomic mass is 16.5. The number of amides is 1. The molecule has 4 heteroatoms.